The first-order valence-electron chi connectivity index (χ1n) is 3.72. The molecule has 0 aliphatic rings. The molecule has 0 heterocycles. The zero-order chi connectivity index (χ0) is 10.5. The van der Waals surface area contributed by atoms with Crippen molar-refractivity contribution in [1.82, 2.24) is 10.0 Å². The van der Waals surface area contributed by atoms with Gasteiger partial charge in [0, 0.05) is 4.75 Å². The third-order valence-electron chi connectivity index (χ3n) is 0.881. The Labute approximate surface area is 82.2 Å². The molecule has 0 spiro atoms. The van der Waals surface area contributed by atoms with E-state index in [1.54, 1.807) is 0 Å². The smallest absolute Gasteiger partial charge is 0.332 e. The van der Waals surface area contributed by atoms with Gasteiger partial charge in [-0.2, -0.15) is 0 Å². The molecule has 0 radical (unpaired) electrons. The first kappa shape index (κ1) is 12.1. The minimum Gasteiger partial charge on any atom is -0.468 e. The summed E-state index contributed by atoms with van der Waals surface area (Å²) in [7, 11) is 1.32. The van der Waals surface area contributed by atoms with E-state index in [1.165, 1.54) is 19.1 Å². The summed E-state index contributed by atoms with van der Waals surface area (Å²) in [6.45, 7) is 5.92. The number of urea groups is 1. The van der Waals surface area contributed by atoms with Gasteiger partial charge in [-0.05, 0) is 32.7 Å². The van der Waals surface area contributed by atoms with Crippen LogP contribution < -0.4 is 10.0 Å². The van der Waals surface area contributed by atoms with Crippen LogP contribution in [-0.2, 0) is 4.74 Å². The molecule has 0 aliphatic carbocycles. The van der Waals surface area contributed by atoms with Gasteiger partial charge in [0.1, 0.15) is 0 Å². The summed E-state index contributed by atoms with van der Waals surface area (Å²) in [5.74, 6) is 0. The summed E-state index contributed by atoms with van der Waals surface area (Å²) in [6, 6.07) is -0.723. The fraction of sp³-hybridized carbons (Fsp3) is 0.714. The lowest BCUT2D eigenvalue weighted by atomic mass is 10.3. The molecule has 0 aliphatic heterocycles. The van der Waals surface area contributed by atoms with Crippen molar-refractivity contribution in [2.45, 2.75) is 25.5 Å². The van der Waals surface area contributed by atoms with Crippen LogP contribution in [0.4, 0.5) is 4.79 Å². The van der Waals surface area contributed by atoms with Crippen molar-refractivity contribution in [1.29, 1.82) is 5.41 Å². The van der Waals surface area contributed by atoms with E-state index in [-0.39, 0.29) is 10.8 Å². The minimum atomic E-state index is -0.452. The fourth-order valence-corrected chi connectivity index (χ4v) is 0.829. The number of carbonyl (C=O) groups excluding carboxylic acids is 1. The average Bonchev–Trinajstić information content (AvgIpc) is 1.99. The molecule has 0 aromatic heterocycles. The number of carbonyl (C=O) groups is 1. The Morgan fingerprint density at radius 3 is 2.38 bits per heavy atom. The highest BCUT2D eigenvalue weighted by molar-refractivity contribution is 7.99. The zero-order valence-corrected chi connectivity index (χ0v) is 9.04. The number of rotatable bonds is 1. The minimum absolute atomic E-state index is 0.0490. The molecule has 0 rings (SSSR count). The highest BCUT2D eigenvalue weighted by Gasteiger charge is 2.13. The molecule has 0 fully saturated rings. The standard InChI is InChI=1S/C7H15N3O2S/c1-7(2,3)13-10-6(11)9-5(8)12-4/h1-4H3,(H3,8,9,10,11). The molecule has 0 aromatic carbocycles. The predicted molar refractivity (Wildman–Crippen MR) is 53.7 cm³/mol. The van der Waals surface area contributed by atoms with Crippen LogP contribution >= 0.6 is 11.9 Å². The lowest BCUT2D eigenvalue weighted by Gasteiger charge is -2.17. The summed E-state index contributed by atoms with van der Waals surface area (Å²) in [5.41, 5.74) is 0. The molecular formula is C7H15N3O2S. The van der Waals surface area contributed by atoms with E-state index in [2.05, 4.69) is 14.8 Å². The Kier molecular flexibility index (Phi) is 4.61. The van der Waals surface area contributed by atoms with Crippen molar-refractivity contribution in [2.24, 2.45) is 0 Å². The molecular weight excluding hydrogens is 190 g/mol. The van der Waals surface area contributed by atoms with Crippen LogP contribution in [0.2, 0.25) is 0 Å². The first-order chi connectivity index (χ1) is 5.85. The third kappa shape index (κ3) is 7.45. The molecule has 0 bridgehead atoms. The van der Waals surface area contributed by atoms with Crippen molar-refractivity contribution in [3.05, 3.63) is 0 Å². The monoisotopic (exact) mass is 205 g/mol. The predicted octanol–water partition coefficient (Wildman–Crippen LogP) is 1.31. The highest BCUT2D eigenvalue weighted by atomic mass is 32.2. The van der Waals surface area contributed by atoms with Gasteiger partial charge in [-0.1, -0.05) is 0 Å². The van der Waals surface area contributed by atoms with Gasteiger partial charge >= 0.3 is 6.03 Å². The van der Waals surface area contributed by atoms with Crippen molar-refractivity contribution in [3.8, 4) is 0 Å². The largest absolute Gasteiger partial charge is 0.468 e. The maximum atomic E-state index is 11.0. The summed E-state index contributed by atoms with van der Waals surface area (Å²) >= 11 is 1.28. The Balaban J connectivity index is 3.70. The van der Waals surface area contributed by atoms with Gasteiger partial charge in [0.15, 0.2) is 0 Å². The maximum Gasteiger partial charge on any atom is 0.332 e. The lowest BCUT2D eigenvalue weighted by Crippen LogP contribution is -2.38. The molecule has 0 unspecified atom stereocenters. The van der Waals surface area contributed by atoms with Crippen LogP contribution in [0.25, 0.3) is 0 Å². The van der Waals surface area contributed by atoms with Gasteiger partial charge in [-0.15, -0.1) is 0 Å². The highest BCUT2D eigenvalue weighted by Crippen LogP contribution is 2.18. The number of hydrogen-bond acceptors (Lipinski definition) is 4. The second-order valence-electron chi connectivity index (χ2n) is 3.30. The van der Waals surface area contributed by atoms with Gasteiger partial charge in [0.25, 0.3) is 6.02 Å². The number of methoxy groups -OCH3 is 1. The molecule has 5 nitrogen and oxygen atoms in total. The number of hydrogen-bond donors (Lipinski definition) is 3. The van der Waals surface area contributed by atoms with E-state index in [1.807, 2.05) is 20.8 Å². The number of amides is 2. The van der Waals surface area contributed by atoms with E-state index < -0.39 is 6.03 Å². The molecule has 6 heteroatoms. The molecule has 0 aromatic rings. The zero-order valence-electron chi connectivity index (χ0n) is 8.22. The molecule has 0 saturated heterocycles. The van der Waals surface area contributed by atoms with Gasteiger partial charge in [-0.25, -0.2) is 4.79 Å². The van der Waals surface area contributed by atoms with Crippen molar-refractivity contribution >= 4 is 24.0 Å². The summed E-state index contributed by atoms with van der Waals surface area (Å²) in [4.78, 5) is 11.0. The Morgan fingerprint density at radius 2 is 2.00 bits per heavy atom. The summed E-state index contributed by atoms with van der Waals surface area (Å²) < 4.78 is 6.94. The van der Waals surface area contributed by atoms with Gasteiger partial charge in [-0.3, -0.25) is 15.4 Å². The van der Waals surface area contributed by atoms with Crippen LogP contribution in [0.1, 0.15) is 20.8 Å². The van der Waals surface area contributed by atoms with Crippen LogP contribution in [0.15, 0.2) is 0 Å². The Morgan fingerprint density at radius 1 is 1.46 bits per heavy atom. The van der Waals surface area contributed by atoms with Crippen molar-refractivity contribution in [2.75, 3.05) is 7.11 Å². The number of ether oxygens (including phenoxy) is 1. The summed E-state index contributed by atoms with van der Waals surface area (Å²) in [6.07, 6.45) is 0. The quantitative estimate of drug-likeness (QED) is 0.343. The van der Waals surface area contributed by atoms with Gasteiger partial charge in [0.2, 0.25) is 0 Å². The van der Waals surface area contributed by atoms with Crippen molar-refractivity contribution in [3.63, 3.8) is 0 Å². The van der Waals surface area contributed by atoms with Crippen LogP contribution in [0, 0.1) is 5.41 Å². The van der Waals surface area contributed by atoms with E-state index >= 15 is 0 Å². The van der Waals surface area contributed by atoms with E-state index in [0.717, 1.165) is 0 Å². The lowest BCUT2D eigenvalue weighted by molar-refractivity contribution is 0.247. The SMILES string of the molecule is COC(=N)NC(=O)NSC(C)(C)C. The van der Waals surface area contributed by atoms with Crippen LogP contribution in [-0.4, -0.2) is 23.9 Å². The van der Waals surface area contributed by atoms with E-state index in [4.69, 9.17) is 5.41 Å². The number of nitrogens with one attached hydrogen (secondary N) is 3. The topological polar surface area (TPSA) is 74.2 Å². The molecule has 3 N–H and O–H groups in total. The molecule has 13 heavy (non-hydrogen) atoms. The maximum absolute atomic E-state index is 11.0. The summed E-state index contributed by atoms with van der Waals surface area (Å²) in [5, 5.41) is 9.19. The average molecular weight is 205 g/mol. The van der Waals surface area contributed by atoms with Gasteiger partial charge < -0.3 is 4.74 Å². The molecule has 2 amide bonds. The Hall–Kier alpha value is -0.910. The van der Waals surface area contributed by atoms with E-state index in [9.17, 15) is 4.79 Å². The molecule has 0 atom stereocenters. The normalized spacial score (nSPS) is 10.5. The number of amidine groups is 1. The molecule has 76 valence electrons. The van der Waals surface area contributed by atoms with Crippen LogP contribution in [0.3, 0.4) is 0 Å². The van der Waals surface area contributed by atoms with Crippen LogP contribution in [0.5, 0.6) is 0 Å². The van der Waals surface area contributed by atoms with E-state index in [0.29, 0.717) is 0 Å². The molecule has 0 saturated carbocycles. The Bertz CT molecular complexity index is 200. The fourth-order valence-electron chi connectivity index (χ4n) is 0.379. The second kappa shape index (κ2) is 4.96. The van der Waals surface area contributed by atoms with Crippen molar-refractivity contribution < 1.29 is 9.53 Å². The first-order valence-corrected chi connectivity index (χ1v) is 4.54. The third-order valence-corrected chi connectivity index (χ3v) is 1.78. The van der Waals surface area contributed by atoms with Gasteiger partial charge in [0.05, 0.1) is 7.11 Å². The second-order valence-corrected chi connectivity index (χ2v) is 4.94.